The summed E-state index contributed by atoms with van der Waals surface area (Å²) in [6, 6.07) is 0. The Bertz CT molecular complexity index is 383. The van der Waals surface area contributed by atoms with Crippen LogP contribution in [-0.2, 0) is 9.53 Å². The van der Waals surface area contributed by atoms with E-state index in [-0.39, 0.29) is 12.0 Å². The fraction of sp³-hybridized carbons (Fsp3) is 0.667. The minimum Gasteiger partial charge on any atom is -0.478 e. The second kappa shape index (κ2) is 5.27. The average molecular weight is 250 g/mol. The largest absolute Gasteiger partial charge is 0.478 e. The van der Waals surface area contributed by atoms with E-state index in [4.69, 9.17) is 9.84 Å². The number of aliphatic carboxylic acids is 1. The Kier molecular flexibility index (Phi) is 3.91. The van der Waals surface area contributed by atoms with Crippen LogP contribution in [-0.4, -0.2) is 23.3 Å². The molecule has 1 aliphatic heterocycles. The molecule has 1 heterocycles. The molecule has 4 atom stereocenters. The Morgan fingerprint density at radius 3 is 2.94 bits per heavy atom. The molecule has 2 rings (SSSR count). The monoisotopic (exact) mass is 250 g/mol. The zero-order valence-electron chi connectivity index (χ0n) is 11.2. The molecule has 0 aromatic rings. The first-order chi connectivity index (χ1) is 8.49. The summed E-state index contributed by atoms with van der Waals surface area (Å²) in [5.41, 5.74) is 1.69. The van der Waals surface area contributed by atoms with Crippen molar-refractivity contribution >= 4 is 5.97 Å². The van der Waals surface area contributed by atoms with Gasteiger partial charge in [0.05, 0.1) is 12.2 Å². The van der Waals surface area contributed by atoms with Crippen molar-refractivity contribution in [3.05, 3.63) is 23.8 Å². The minimum atomic E-state index is -0.871. The van der Waals surface area contributed by atoms with Gasteiger partial charge in [-0.15, -0.1) is 0 Å². The Morgan fingerprint density at radius 1 is 1.56 bits per heavy atom. The molecule has 0 bridgehead atoms. The fourth-order valence-corrected chi connectivity index (χ4v) is 2.76. The Morgan fingerprint density at radius 2 is 2.28 bits per heavy atom. The molecule has 18 heavy (non-hydrogen) atoms. The van der Waals surface area contributed by atoms with Gasteiger partial charge in [0, 0.05) is 5.57 Å². The highest BCUT2D eigenvalue weighted by Gasteiger charge is 2.44. The number of rotatable bonds is 2. The smallest absolute Gasteiger partial charge is 0.331 e. The van der Waals surface area contributed by atoms with Crippen molar-refractivity contribution in [1.29, 1.82) is 0 Å². The van der Waals surface area contributed by atoms with Crippen LogP contribution in [0.4, 0.5) is 0 Å². The van der Waals surface area contributed by atoms with E-state index in [0.717, 1.165) is 25.7 Å². The van der Waals surface area contributed by atoms with Gasteiger partial charge in [0.2, 0.25) is 0 Å². The maximum absolute atomic E-state index is 11.1. The van der Waals surface area contributed by atoms with Gasteiger partial charge in [-0.2, -0.15) is 0 Å². The van der Waals surface area contributed by atoms with E-state index in [1.165, 1.54) is 5.57 Å². The van der Waals surface area contributed by atoms with Crippen molar-refractivity contribution in [2.45, 2.75) is 51.7 Å². The molecule has 0 amide bonds. The van der Waals surface area contributed by atoms with E-state index < -0.39 is 5.97 Å². The molecule has 2 aliphatic rings. The van der Waals surface area contributed by atoms with Crippen molar-refractivity contribution in [2.24, 2.45) is 11.8 Å². The van der Waals surface area contributed by atoms with Crippen molar-refractivity contribution in [1.82, 2.24) is 0 Å². The lowest BCUT2D eigenvalue weighted by Gasteiger charge is -2.18. The number of fused-ring (bicyclic) bond motifs is 1. The first kappa shape index (κ1) is 13.3. The van der Waals surface area contributed by atoms with Gasteiger partial charge < -0.3 is 9.84 Å². The summed E-state index contributed by atoms with van der Waals surface area (Å²) in [6.45, 7) is 8.06. The molecule has 1 saturated heterocycles. The predicted molar refractivity (Wildman–Crippen MR) is 70.3 cm³/mol. The molecule has 0 spiro atoms. The lowest BCUT2D eigenvalue weighted by atomic mass is 9.85. The molecule has 3 heteroatoms. The second-order valence-electron chi connectivity index (χ2n) is 5.70. The lowest BCUT2D eigenvalue weighted by molar-refractivity contribution is -0.133. The quantitative estimate of drug-likeness (QED) is 0.465. The molecule has 100 valence electrons. The van der Waals surface area contributed by atoms with E-state index in [2.05, 4.69) is 26.5 Å². The molecular weight excluding hydrogens is 228 g/mol. The molecule has 0 radical (unpaired) electrons. The van der Waals surface area contributed by atoms with Gasteiger partial charge in [-0.3, -0.25) is 0 Å². The van der Waals surface area contributed by atoms with Crippen molar-refractivity contribution < 1.29 is 14.6 Å². The number of hydrogen-bond donors (Lipinski definition) is 1. The summed E-state index contributed by atoms with van der Waals surface area (Å²) in [4.78, 5) is 11.1. The fourth-order valence-electron chi connectivity index (χ4n) is 2.76. The van der Waals surface area contributed by atoms with Crippen LogP contribution in [0.2, 0.25) is 0 Å². The summed E-state index contributed by atoms with van der Waals surface area (Å²) in [6.07, 6.45) is 6.54. The minimum absolute atomic E-state index is 0.0474. The summed E-state index contributed by atoms with van der Waals surface area (Å²) >= 11 is 0. The number of carboxylic acid groups (broad SMARTS) is 1. The molecule has 0 aromatic carbocycles. The molecular formula is C15H22O3. The number of epoxide rings is 1. The van der Waals surface area contributed by atoms with E-state index >= 15 is 0 Å². The standard InChI is InChI=1S/C15H22O3/c1-9-4-6-10(2)14-13(18-14)8-12(7-5-9)11(3)15(16)17/h4,10,12-14H,3,5-8H2,1-2H3,(H,16,17)/b9-4+/t10-,12+,13-,14?/m0/s1. The van der Waals surface area contributed by atoms with Gasteiger partial charge in [-0.25, -0.2) is 4.79 Å². The third-order valence-corrected chi connectivity index (χ3v) is 4.19. The third-order valence-electron chi connectivity index (χ3n) is 4.19. The van der Waals surface area contributed by atoms with Crippen LogP contribution in [0.25, 0.3) is 0 Å². The maximum Gasteiger partial charge on any atom is 0.331 e. The molecule has 0 saturated carbocycles. The summed E-state index contributed by atoms with van der Waals surface area (Å²) in [5, 5.41) is 9.09. The van der Waals surface area contributed by atoms with E-state index in [1.807, 2.05) is 0 Å². The lowest BCUT2D eigenvalue weighted by Crippen LogP contribution is -2.17. The molecule has 1 aliphatic carbocycles. The zero-order chi connectivity index (χ0) is 13.3. The zero-order valence-corrected chi connectivity index (χ0v) is 11.2. The van der Waals surface area contributed by atoms with Crippen LogP contribution in [0.1, 0.15) is 39.5 Å². The summed E-state index contributed by atoms with van der Waals surface area (Å²) in [5.74, 6) is -0.295. The van der Waals surface area contributed by atoms with Crippen molar-refractivity contribution in [3.8, 4) is 0 Å². The molecule has 1 unspecified atom stereocenters. The Balaban J connectivity index is 2.09. The first-order valence-electron chi connectivity index (χ1n) is 6.72. The summed E-state index contributed by atoms with van der Waals surface area (Å²) < 4.78 is 5.69. The van der Waals surface area contributed by atoms with Crippen LogP contribution in [0.3, 0.4) is 0 Å². The molecule has 1 fully saturated rings. The number of carbonyl (C=O) groups is 1. The maximum atomic E-state index is 11.1. The Labute approximate surface area is 109 Å². The molecule has 1 N–H and O–H groups in total. The van der Waals surface area contributed by atoms with Crippen molar-refractivity contribution in [3.63, 3.8) is 0 Å². The van der Waals surface area contributed by atoms with Crippen LogP contribution < -0.4 is 0 Å². The van der Waals surface area contributed by atoms with Crippen LogP contribution in [0, 0.1) is 11.8 Å². The number of allylic oxidation sites excluding steroid dienone is 2. The summed E-state index contributed by atoms with van der Waals surface area (Å²) in [7, 11) is 0. The highest BCUT2D eigenvalue weighted by atomic mass is 16.6. The number of ether oxygens (including phenoxy) is 1. The highest BCUT2D eigenvalue weighted by Crippen LogP contribution is 2.39. The average Bonchev–Trinajstić information content (AvgIpc) is 3.09. The van der Waals surface area contributed by atoms with E-state index in [1.54, 1.807) is 0 Å². The highest BCUT2D eigenvalue weighted by molar-refractivity contribution is 5.86. The van der Waals surface area contributed by atoms with Gasteiger partial charge in [-0.05, 0) is 44.4 Å². The van der Waals surface area contributed by atoms with E-state index in [9.17, 15) is 4.79 Å². The normalized spacial score (nSPS) is 39.1. The van der Waals surface area contributed by atoms with Gasteiger partial charge in [0.15, 0.2) is 0 Å². The van der Waals surface area contributed by atoms with E-state index in [0.29, 0.717) is 17.6 Å². The van der Waals surface area contributed by atoms with Gasteiger partial charge in [0.25, 0.3) is 0 Å². The second-order valence-corrected chi connectivity index (χ2v) is 5.70. The predicted octanol–water partition coefficient (Wildman–Crippen LogP) is 3.17. The molecule has 3 nitrogen and oxygen atoms in total. The van der Waals surface area contributed by atoms with Crippen LogP contribution >= 0.6 is 0 Å². The van der Waals surface area contributed by atoms with Crippen LogP contribution in [0.15, 0.2) is 23.8 Å². The van der Waals surface area contributed by atoms with Gasteiger partial charge >= 0.3 is 5.97 Å². The van der Waals surface area contributed by atoms with Gasteiger partial charge in [0.1, 0.15) is 0 Å². The SMILES string of the molecule is C=C(C(=O)O)[C@@H]1CC/C(C)=C/C[C@H](C)C2O[C@H]2C1. The number of hydrogen-bond acceptors (Lipinski definition) is 2. The van der Waals surface area contributed by atoms with Crippen molar-refractivity contribution in [2.75, 3.05) is 0 Å². The first-order valence-corrected chi connectivity index (χ1v) is 6.72. The van der Waals surface area contributed by atoms with Crippen LogP contribution in [0.5, 0.6) is 0 Å². The Hall–Kier alpha value is -1.09. The molecule has 0 aromatic heterocycles. The van der Waals surface area contributed by atoms with Gasteiger partial charge in [-0.1, -0.05) is 25.2 Å². The topological polar surface area (TPSA) is 49.8 Å². The number of carboxylic acids is 1. The third kappa shape index (κ3) is 3.02.